The molecule has 2 aromatic rings. The summed E-state index contributed by atoms with van der Waals surface area (Å²) < 4.78 is 10.3. The lowest BCUT2D eigenvalue weighted by Gasteiger charge is -2.13. The van der Waals surface area contributed by atoms with E-state index in [1.807, 2.05) is 19.9 Å². The van der Waals surface area contributed by atoms with Crippen molar-refractivity contribution in [2.75, 3.05) is 19.5 Å². The molecule has 2 rings (SSSR count). The van der Waals surface area contributed by atoms with Crippen LogP contribution in [0.15, 0.2) is 30.3 Å². The lowest BCUT2D eigenvalue weighted by atomic mass is 10.1. The van der Waals surface area contributed by atoms with E-state index in [0.717, 1.165) is 16.8 Å². The van der Waals surface area contributed by atoms with Gasteiger partial charge in [-0.15, -0.1) is 0 Å². The Morgan fingerprint density at radius 1 is 1.08 bits per heavy atom. The minimum Gasteiger partial charge on any atom is -0.497 e. The first-order valence-electron chi connectivity index (χ1n) is 7.69. The highest BCUT2D eigenvalue weighted by Gasteiger charge is 2.16. The number of rotatable bonds is 5. The number of hydrogen-bond acceptors (Lipinski definition) is 5. The summed E-state index contributed by atoms with van der Waals surface area (Å²) in [6, 6.07) is 8.65. The number of pyridine rings is 1. The third-order valence-electron chi connectivity index (χ3n) is 3.59. The number of nitrogens with zero attached hydrogens (tertiary/aromatic N) is 1. The second kappa shape index (κ2) is 8.14. The van der Waals surface area contributed by atoms with Crippen molar-refractivity contribution in [1.82, 2.24) is 10.3 Å². The predicted octanol–water partition coefficient (Wildman–Crippen LogP) is 1.97. The molecule has 0 aliphatic rings. The topological polar surface area (TPSA) is 89.5 Å². The minimum atomic E-state index is -0.759. The molecule has 2 N–H and O–H groups in total. The molecule has 0 aliphatic carbocycles. The van der Waals surface area contributed by atoms with Gasteiger partial charge in [-0.05, 0) is 37.6 Å². The van der Waals surface area contributed by atoms with Crippen LogP contribution in [0.5, 0.6) is 11.6 Å². The van der Waals surface area contributed by atoms with E-state index in [-0.39, 0.29) is 6.54 Å². The fourth-order valence-electron chi connectivity index (χ4n) is 2.35. The van der Waals surface area contributed by atoms with Crippen LogP contribution in [0.25, 0.3) is 0 Å². The van der Waals surface area contributed by atoms with E-state index < -0.39 is 11.8 Å². The molecule has 7 heteroatoms. The Bertz CT molecular complexity index is 790. The number of amides is 2. The van der Waals surface area contributed by atoms with Gasteiger partial charge in [0.1, 0.15) is 5.75 Å². The molecule has 0 saturated carbocycles. The summed E-state index contributed by atoms with van der Waals surface area (Å²) in [7, 11) is 3.04. The van der Waals surface area contributed by atoms with Gasteiger partial charge in [-0.2, -0.15) is 0 Å². The van der Waals surface area contributed by atoms with E-state index in [1.54, 1.807) is 24.3 Å². The molecule has 1 aromatic carbocycles. The maximum atomic E-state index is 12.0. The fourth-order valence-corrected chi connectivity index (χ4v) is 2.35. The summed E-state index contributed by atoms with van der Waals surface area (Å²) in [5.74, 6) is -0.481. The molecule has 1 aromatic heterocycles. The van der Waals surface area contributed by atoms with Gasteiger partial charge < -0.3 is 20.1 Å². The zero-order chi connectivity index (χ0) is 18.4. The van der Waals surface area contributed by atoms with E-state index in [2.05, 4.69) is 15.6 Å². The number of aryl methyl sites for hydroxylation is 2. The van der Waals surface area contributed by atoms with Crippen LogP contribution in [0.4, 0.5) is 5.69 Å². The van der Waals surface area contributed by atoms with Crippen molar-refractivity contribution in [1.29, 1.82) is 0 Å². The number of carbonyl (C=O) groups is 2. The van der Waals surface area contributed by atoms with E-state index in [4.69, 9.17) is 9.47 Å². The SMILES string of the molecule is COc1cccc(NC(=O)C(=O)NCc2c(C)cc(C)nc2OC)c1. The first-order chi connectivity index (χ1) is 11.9. The molecular weight excluding hydrogens is 322 g/mol. The number of ether oxygens (including phenoxy) is 2. The van der Waals surface area contributed by atoms with Crippen molar-refractivity contribution >= 4 is 17.5 Å². The zero-order valence-corrected chi connectivity index (χ0v) is 14.7. The Morgan fingerprint density at radius 3 is 2.52 bits per heavy atom. The van der Waals surface area contributed by atoms with Crippen LogP contribution >= 0.6 is 0 Å². The van der Waals surface area contributed by atoms with Crippen LogP contribution in [0, 0.1) is 13.8 Å². The van der Waals surface area contributed by atoms with Crippen molar-refractivity contribution in [3.63, 3.8) is 0 Å². The lowest BCUT2D eigenvalue weighted by molar-refractivity contribution is -0.136. The molecule has 0 saturated heterocycles. The third-order valence-corrected chi connectivity index (χ3v) is 3.59. The highest BCUT2D eigenvalue weighted by Crippen LogP contribution is 2.20. The van der Waals surface area contributed by atoms with Gasteiger partial charge >= 0.3 is 11.8 Å². The fraction of sp³-hybridized carbons (Fsp3) is 0.278. The summed E-state index contributed by atoms with van der Waals surface area (Å²) in [5, 5.41) is 5.11. The first kappa shape index (κ1) is 18.3. The second-order valence-electron chi connectivity index (χ2n) is 5.44. The molecule has 132 valence electrons. The predicted molar refractivity (Wildman–Crippen MR) is 93.7 cm³/mol. The number of hydrogen-bond donors (Lipinski definition) is 2. The Morgan fingerprint density at radius 2 is 1.84 bits per heavy atom. The quantitative estimate of drug-likeness (QED) is 0.810. The van der Waals surface area contributed by atoms with Gasteiger partial charge in [0.15, 0.2) is 0 Å². The van der Waals surface area contributed by atoms with Crippen molar-refractivity contribution in [3.05, 3.63) is 47.2 Å². The molecule has 0 spiro atoms. The smallest absolute Gasteiger partial charge is 0.313 e. The lowest BCUT2D eigenvalue weighted by Crippen LogP contribution is -2.35. The van der Waals surface area contributed by atoms with Crippen molar-refractivity contribution in [3.8, 4) is 11.6 Å². The number of methoxy groups -OCH3 is 2. The first-order valence-corrected chi connectivity index (χ1v) is 7.69. The van der Waals surface area contributed by atoms with E-state index in [9.17, 15) is 9.59 Å². The zero-order valence-electron chi connectivity index (χ0n) is 14.7. The molecule has 0 bridgehead atoms. The summed E-state index contributed by atoms with van der Waals surface area (Å²) in [4.78, 5) is 28.3. The number of nitrogens with one attached hydrogen (secondary N) is 2. The molecule has 0 atom stereocenters. The Labute approximate surface area is 146 Å². The molecule has 0 fully saturated rings. The standard InChI is InChI=1S/C18H21N3O4/c1-11-8-12(2)20-18(25-4)15(11)10-19-16(22)17(23)21-13-6-5-7-14(9-13)24-3/h5-9H,10H2,1-4H3,(H,19,22)(H,21,23). The van der Waals surface area contributed by atoms with Gasteiger partial charge in [0, 0.05) is 29.6 Å². The molecule has 0 aliphatic heterocycles. The molecule has 2 amide bonds. The van der Waals surface area contributed by atoms with Crippen molar-refractivity contribution in [2.24, 2.45) is 0 Å². The molecule has 0 radical (unpaired) electrons. The van der Waals surface area contributed by atoms with Gasteiger partial charge in [-0.3, -0.25) is 9.59 Å². The van der Waals surface area contributed by atoms with Gasteiger partial charge in [-0.25, -0.2) is 4.98 Å². The molecule has 0 unspecified atom stereocenters. The van der Waals surface area contributed by atoms with E-state index >= 15 is 0 Å². The summed E-state index contributed by atoms with van der Waals surface area (Å²) in [5.41, 5.74) is 2.96. The average molecular weight is 343 g/mol. The molecule has 7 nitrogen and oxygen atoms in total. The minimum absolute atomic E-state index is 0.145. The number of aromatic nitrogens is 1. The summed E-state index contributed by atoms with van der Waals surface area (Å²) >= 11 is 0. The van der Waals surface area contributed by atoms with Gasteiger partial charge in [0.05, 0.1) is 14.2 Å². The van der Waals surface area contributed by atoms with Crippen molar-refractivity contribution in [2.45, 2.75) is 20.4 Å². The van der Waals surface area contributed by atoms with Gasteiger partial charge in [-0.1, -0.05) is 6.07 Å². The van der Waals surface area contributed by atoms with Crippen LogP contribution in [-0.4, -0.2) is 31.0 Å². The molecular formula is C18H21N3O4. The number of anilines is 1. The van der Waals surface area contributed by atoms with E-state index in [0.29, 0.717) is 17.3 Å². The average Bonchev–Trinajstić information content (AvgIpc) is 2.60. The highest BCUT2D eigenvalue weighted by atomic mass is 16.5. The van der Waals surface area contributed by atoms with Crippen LogP contribution in [0.2, 0.25) is 0 Å². The van der Waals surface area contributed by atoms with Crippen LogP contribution in [0.3, 0.4) is 0 Å². The maximum absolute atomic E-state index is 12.0. The summed E-state index contributed by atoms with van der Waals surface area (Å²) in [6.07, 6.45) is 0. The van der Waals surface area contributed by atoms with Crippen LogP contribution < -0.4 is 20.1 Å². The molecule has 25 heavy (non-hydrogen) atoms. The Kier molecular flexibility index (Phi) is 5.94. The number of benzene rings is 1. The Hall–Kier alpha value is -3.09. The molecule has 1 heterocycles. The maximum Gasteiger partial charge on any atom is 0.313 e. The van der Waals surface area contributed by atoms with Gasteiger partial charge in [0.25, 0.3) is 0 Å². The van der Waals surface area contributed by atoms with Crippen LogP contribution in [0.1, 0.15) is 16.8 Å². The summed E-state index contributed by atoms with van der Waals surface area (Å²) in [6.45, 7) is 3.90. The second-order valence-corrected chi connectivity index (χ2v) is 5.44. The monoisotopic (exact) mass is 343 g/mol. The largest absolute Gasteiger partial charge is 0.497 e. The highest BCUT2D eigenvalue weighted by molar-refractivity contribution is 6.39. The van der Waals surface area contributed by atoms with E-state index in [1.165, 1.54) is 14.2 Å². The Balaban J connectivity index is 2.01. The number of carbonyl (C=O) groups excluding carboxylic acids is 2. The normalized spacial score (nSPS) is 10.1. The van der Waals surface area contributed by atoms with Crippen LogP contribution in [-0.2, 0) is 16.1 Å². The van der Waals surface area contributed by atoms with Crippen molar-refractivity contribution < 1.29 is 19.1 Å². The third kappa shape index (κ3) is 4.69. The van der Waals surface area contributed by atoms with Gasteiger partial charge in [0.2, 0.25) is 5.88 Å².